The number of fused-ring (bicyclic) bond motifs is 1. The first-order valence-electron chi connectivity index (χ1n) is 9.94. The fourth-order valence-electron chi connectivity index (χ4n) is 3.20. The van der Waals surface area contributed by atoms with Crippen LogP contribution in [0.25, 0.3) is 11.0 Å². The number of carbonyl (C=O) groups excluding carboxylic acids is 1. The number of benzene rings is 3. The second kappa shape index (κ2) is 9.17. The highest BCUT2D eigenvalue weighted by Gasteiger charge is 2.11. The van der Waals surface area contributed by atoms with Gasteiger partial charge in [0.05, 0.1) is 5.69 Å². The van der Waals surface area contributed by atoms with Crippen LogP contribution in [-0.2, 0) is 11.2 Å². The molecule has 1 aromatic heterocycles. The number of hydrogen-bond donors (Lipinski definition) is 1. The third-order valence-electron chi connectivity index (χ3n) is 4.68. The van der Waals surface area contributed by atoms with E-state index in [0.29, 0.717) is 28.5 Å². The molecule has 0 unspecified atom stereocenters. The van der Waals surface area contributed by atoms with Gasteiger partial charge >= 0.3 is 5.63 Å². The van der Waals surface area contributed by atoms with Gasteiger partial charge in [0.1, 0.15) is 17.1 Å². The lowest BCUT2D eigenvalue weighted by Gasteiger charge is -2.13. The van der Waals surface area contributed by atoms with E-state index in [0.717, 1.165) is 17.4 Å². The van der Waals surface area contributed by atoms with Crippen LogP contribution in [-0.4, -0.2) is 12.5 Å². The molecule has 4 aromatic rings. The molecule has 1 heterocycles. The van der Waals surface area contributed by atoms with Crippen LogP contribution < -0.4 is 20.4 Å². The Morgan fingerprint density at radius 2 is 1.71 bits per heavy atom. The Morgan fingerprint density at radius 3 is 2.52 bits per heavy atom. The zero-order valence-corrected chi connectivity index (χ0v) is 17.0. The van der Waals surface area contributed by atoms with Crippen LogP contribution in [0.3, 0.4) is 0 Å². The van der Waals surface area contributed by atoms with Gasteiger partial charge in [-0.3, -0.25) is 4.79 Å². The average molecular weight is 415 g/mol. The molecule has 0 saturated heterocycles. The predicted molar refractivity (Wildman–Crippen MR) is 119 cm³/mol. The van der Waals surface area contributed by atoms with Crippen molar-refractivity contribution in [3.63, 3.8) is 0 Å². The van der Waals surface area contributed by atoms with Gasteiger partial charge in [-0.2, -0.15) is 0 Å². The van der Waals surface area contributed by atoms with Crippen LogP contribution in [0.2, 0.25) is 0 Å². The summed E-state index contributed by atoms with van der Waals surface area (Å²) >= 11 is 0. The van der Waals surface area contributed by atoms with Crippen LogP contribution in [0.4, 0.5) is 5.69 Å². The van der Waals surface area contributed by atoms with Gasteiger partial charge in [0, 0.05) is 17.5 Å². The number of para-hydroxylation sites is 3. The number of aryl methyl sites for hydroxylation is 1. The first kappa shape index (κ1) is 20.2. The van der Waals surface area contributed by atoms with E-state index in [1.54, 1.807) is 24.3 Å². The molecule has 6 nitrogen and oxygen atoms in total. The highest BCUT2D eigenvalue weighted by Crippen LogP contribution is 2.29. The summed E-state index contributed by atoms with van der Waals surface area (Å²) in [4.78, 5) is 24.2. The minimum atomic E-state index is -0.408. The molecule has 0 bridgehead atoms. The number of ether oxygens (including phenoxy) is 2. The lowest BCUT2D eigenvalue weighted by atomic mass is 10.1. The van der Waals surface area contributed by atoms with E-state index in [4.69, 9.17) is 13.9 Å². The van der Waals surface area contributed by atoms with Crippen molar-refractivity contribution in [1.29, 1.82) is 0 Å². The molecule has 6 heteroatoms. The quantitative estimate of drug-likeness (QED) is 0.422. The first-order chi connectivity index (χ1) is 15.1. The summed E-state index contributed by atoms with van der Waals surface area (Å²) in [6, 6.07) is 23.2. The van der Waals surface area contributed by atoms with Crippen LogP contribution in [0, 0.1) is 0 Å². The topological polar surface area (TPSA) is 77.8 Å². The minimum absolute atomic E-state index is 0.205. The molecule has 1 amide bonds. The number of anilines is 1. The molecule has 1 N–H and O–H groups in total. The Morgan fingerprint density at radius 1 is 0.935 bits per heavy atom. The second-order valence-corrected chi connectivity index (χ2v) is 6.85. The van der Waals surface area contributed by atoms with Gasteiger partial charge in [0.15, 0.2) is 12.4 Å². The van der Waals surface area contributed by atoms with Crippen molar-refractivity contribution >= 4 is 22.6 Å². The molecular weight excluding hydrogens is 394 g/mol. The van der Waals surface area contributed by atoms with E-state index in [9.17, 15) is 9.59 Å². The van der Waals surface area contributed by atoms with Gasteiger partial charge in [-0.1, -0.05) is 37.3 Å². The Kier molecular flexibility index (Phi) is 5.98. The molecule has 0 saturated carbocycles. The second-order valence-electron chi connectivity index (χ2n) is 6.85. The summed E-state index contributed by atoms with van der Waals surface area (Å²) in [5.74, 6) is 1.30. The normalized spacial score (nSPS) is 10.6. The van der Waals surface area contributed by atoms with Crippen molar-refractivity contribution in [2.45, 2.75) is 13.3 Å². The van der Waals surface area contributed by atoms with Gasteiger partial charge < -0.3 is 19.2 Å². The number of nitrogens with one attached hydrogen (secondary N) is 1. The lowest BCUT2D eigenvalue weighted by molar-refractivity contribution is -0.118. The Balaban J connectivity index is 1.44. The van der Waals surface area contributed by atoms with E-state index in [1.807, 2.05) is 55.5 Å². The van der Waals surface area contributed by atoms with Crippen molar-refractivity contribution < 1.29 is 18.7 Å². The van der Waals surface area contributed by atoms with Gasteiger partial charge in [-0.25, -0.2) is 4.79 Å². The van der Waals surface area contributed by atoms with Crippen LogP contribution in [0.1, 0.15) is 12.5 Å². The van der Waals surface area contributed by atoms with Crippen LogP contribution in [0.15, 0.2) is 88.1 Å². The Labute approximate surface area is 179 Å². The first-order valence-corrected chi connectivity index (χ1v) is 9.94. The highest BCUT2D eigenvalue weighted by atomic mass is 16.5. The lowest BCUT2D eigenvalue weighted by Crippen LogP contribution is -2.20. The Hall–Kier alpha value is -4.06. The Bertz CT molecular complexity index is 1260. The summed E-state index contributed by atoms with van der Waals surface area (Å²) in [5, 5.41) is 3.66. The molecule has 156 valence electrons. The summed E-state index contributed by atoms with van der Waals surface area (Å²) in [5.41, 5.74) is 1.47. The van der Waals surface area contributed by atoms with E-state index < -0.39 is 5.63 Å². The fraction of sp³-hybridized carbons (Fsp3) is 0.120. The molecule has 0 spiro atoms. The molecule has 0 atom stereocenters. The van der Waals surface area contributed by atoms with E-state index in [-0.39, 0.29) is 12.5 Å². The molecule has 0 aliphatic carbocycles. The predicted octanol–water partition coefficient (Wildman–Crippen LogP) is 5.17. The number of carbonyl (C=O) groups is 1. The fourth-order valence-corrected chi connectivity index (χ4v) is 3.20. The van der Waals surface area contributed by atoms with Gasteiger partial charge in [0.2, 0.25) is 0 Å². The van der Waals surface area contributed by atoms with Gasteiger partial charge in [-0.15, -0.1) is 0 Å². The number of rotatable bonds is 7. The molecule has 0 aliphatic rings. The summed E-state index contributed by atoms with van der Waals surface area (Å²) in [7, 11) is 0. The average Bonchev–Trinajstić information content (AvgIpc) is 2.79. The standard InChI is InChI=1S/C25H21NO5/c1-2-17-14-25(28)31-23-15-19(12-13-20(17)23)29-16-24(27)26-21-10-6-7-11-22(21)30-18-8-4-3-5-9-18/h3-15H,2,16H2,1H3,(H,26,27). The maximum atomic E-state index is 12.4. The summed E-state index contributed by atoms with van der Waals surface area (Å²) in [6.45, 7) is 1.77. The number of amides is 1. The minimum Gasteiger partial charge on any atom is -0.484 e. The molecule has 0 fully saturated rings. The van der Waals surface area contributed by atoms with Crippen molar-refractivity contribution in [1.82, 2.24) is 0 Å². The van der Waals surface area contributed by atoms with Gasteiger partial charge in [-0.05, 0) is 48.4 Å². The number of hydrogen-bond acceptors (Lipinski definition) is 5. The van der Waals surface area contributed by atoms with E-state index >= 15 is 0 Å². The van der Waals surface area contributed by atoms with Crippen molar-refractivity contribution in [3.8, 4) is 17.2 Å². The SMILES string of the molecule is CCc1cc(=O)oc2cc(OCC(=O)Nc3ccccc3Oc3ccccc3)ccc12. The molecule has 4 rings (SSSR count). The molecule has 0 aliphatic heterocycles. The third kappa shape index (κ3) is 4.93. The molecule has 0 radical (unpaired) electrons. The van der Waals surface area contributed by atoms with Crippen LogP contribution in [0.5, 0.6) is 17.2 Å². The monoisotopic (exact) mass is 415 g/mol. The highest BCUT2D eigenvalue weighted by molar-refractivity contribution is 5.93. The maximum absolute atomic E-state index is 12.4. The summed E-state index contributed by atoms with van der Waals surface area (Å²) < 4.78 is 16.7. The van der Waals surface area contributed by atoms with Crippen molar-refractivity contribution in [2.75, 3.05) is 11.9 Å². The van der Waals surface area contributed by atoms with Crippen molar-refractivity contribution in [2.24, 2.45) is 0 Å². The largest absolute Gasteiger partial charge is 0.484 e. The van der Waals surface area contributed by atoms with Crippen LogP contribution >= 0.6 is 0 Å². The zero-order valence-electron chi connectivity index (χ0n) is 17.0. The smallest absolute Gasteiger partial charge is 0.336 e. The van der Waals surface area contributed by atoms with E-state index in [2.05, 4.69) is 5.32 Å². The van der Waals surface area contributed by atoms with Crippen molar-refractivity contribution in [3.05, 3.63) is 94.8 Å². The van der Waals surface area contributed by atoms with Gasteiger partial charge in [0.25, 0.3) is 5.91 Å². The summed E-state index contributed by atoms with van der Waals surface area (Å²) in [6.07, 6.45) is 0.717. The molecular formula is C25H21NO5. The molecule has 31 heavy (non-hydrogen) atoms. The third-order valence-corrected chi connectivity index (χ3v) is 4.68. The maximum Gasteiger partial charge on any atom is 0.336 e. The van der Waals surface area contributed by atoms with E-state index in [1.165, 1.54) is 6.07 Å². The molecule has 3 aromatic carbocycles. The zero-order chi connectivity index (χ0) is 21.6.